The molecule has 0 saturated heterocycles. The first-order valence-electron chi connectivity index (χ1n) is 7.05. The van der Waals surface area contributed by atoms with Gasteiger partial charge in [0.25, 0.3) is 5.91 Å². The molecule has 0 fully saturated rings. The number of ether oxygens (including phenoxy) is 1. The van der Waals surface area contributed by atoms with Gasteiger partial charge in [0.05, 0.1) is 17.4 Å². The molecule has 1 aromatic carbocycles. The summed E-state index contributed by atoms with van der Waals surface area (Å²) >= 11 is 0. The first-order chi connectivity index (χ1) is 11.3. The zero-order chi connectivity index (χ0) is 18.2. The van der Waals surface area contributed by atoms with Gasteiger partial charge in [0.1, 0.15) is 5.75 Å². The largest absolute Gasteiger partial charge is 0.449 e. The van der Waals surface area contributed by atoms with Crippen LogP contribution in [0.3, 0.4) is 0 Å². The number of sulfone groups is 1. The average molecular weight is 350 g/mol. The van der Waals surface area contributed by atoms with Crippen LogP contribution in [0.1, 0.15) is 22.8 Å². The SMILES string of the molecule is C=CCNC(=O)[C@@H](C)OC(=O)c1ccc(CS(=O)(=O)CC#N)cc1. The standard InChI is InChI=1S/C16H18N2O5S/c1-3-9-18-15(19)12(2)23-16(20)14-6-4-13(5-7-14)11-24(21,22)10-8-17/h3-7,12H,1,9-11H2,2H3,(H,18,19)/t12-/m1/s1. The van der Waals surface area contributed by atoms with Gasteiger partial charge in [0.15, 0.2) is 15.9 Å². The zero-order valence-electron chi connectivity index (χ0n) is 13.2. The molecule has 1 rings (SSSR count). The highest BCUT2D eigenvalue weighted by Gasteiger charge is 2.18. The Labute approximate surface area is 140 Å². The van der Waals surface area contributed by atoms with Gasteiger partial charge in [-0.1, -0.05) is 18.2 Å². The van der Waals surface area contributed by atoms with Crippen LogP contribution in [0.25, 0.3) is 0 Å². The summed E-state index contributed by atoms with van der Waals surface area (Å²) in [6.45, 7) is 5.18. The lowest BCUT2D eigenvalue weighted by Crippen LogP contribution is -2.35. The van der Waals surface area contributed by atoms with Crippen LogP contribution in [0, 0.1) is 11.3 Å². The third-order valence-electron chi connectivity index (χ3n) is 2.93. The van der Waals surface area contributed by atoms with Crippen molar-refractivity contribution in [2.75, 3.05) is 12.3 Å². The van der Waals surface area contributed by atoms with Crippen LogP contribution in [0.4, 0.5) is 0 Å². The fourth-order valence-corrected chi connectivity index (χ4v) is 2.74. The molecule has 0 aliphatic heterocycles. The molecule has 0 saturated carbocycles. The third kappa shape index (κ3) is 6.22. The molecular weight excluding hydrogens is 332 g/mol. The summed E-state index contributed by atoms with van der Waals surface area (Å²) in [6, 6.07) is 7.35. The van der Waals surface area contributed by atoms with Gasteiger partial charge in [0, 0.05) is 6.54 Å². The van der Waals surface area contributed by atoms with Gasteiger partial charge in [-0.15, -0.1) is 6.58 Å². The summed E-state index contributed by atoms with van der Waals surface area (Å²) < 4.78 is 28.1. The smallest absolute Gasteiger partial charge is 0.338 e. The Kier molecular flexibility index (Phi) is 7.14. The summed E-state index contributed by atoms with van der Waals surface area (Å²) in [7, 11) is -3.50. The maximum Gasteiger partial charge on any atom is 0.338 e. The van der Waals surface area contributed by atoms with E-state index in [1.807, 2.05) is 0 Å². The molecule has 0 aromatic heterocycles. The first kappa shape index (κ1) is 19.4. The fourth-order valence-electron chi connectivity index (χ4n) is 1.74. The maximum absolute atomic E-state index is 11.9. The molecule has 8 heteroatoms. The average Bonchev–Trinajstić information content (AvgIpc) is 2.52. The summed E-state index contributed by atoms with van der Waals surface area (Å²) in [6.07, 6.45) is 0.541. The molecular formula is C16H18N2O5S. The number of carbonyl (C=O) groups excluding carboxylic acids is 2. The van der Waals surface area contributed by atoms with Crippen LogP contribution in [-0.2, 0) is 25.1 Å². The van der Waals surface area contributed by atoms with Crippen LogP contribution < -0.4 is 5.32 Å². The van der Waals surface area contributed by atoms with E-state index in [1.165, 1.54) is 37.3 Å². The monoisotopic (exact) mass is 350 g/mol. The molecule has 0 unspecified atom stereocenters. The number of carbonyl (C=O) groups is 2. The van der Waals surface area contributed by atoms with Crippen LogP contribution in [-0.4, -0.2) is 38.7 Å². The van der Waals surface area contributed by atoms with Gasteiger partial charge in [-0.05, 0) is 24.6 Å². The third-order valence-corrected chi connectivity index (χ3v) is 4.28. The van der Waals surface area contributed by atoms with E-state index in [1.54, 1.807) is 6.07 Å². The normalized spacial score (nSPS) is 11.8. The van der Waals surface area contributed by atoms with Crippen LogP contribution in [0.5, 0.6) is 0 Å². The van der Waals surface area contributed by atoms with Gasteiger partial charge in [0.2, 0.25) is 0 Å². The topological polar surface area (TPSA) is 113 Å². The van der Waals surface area contributed by atoms with Crippen LogP contribution in [0.2, 0.25) is 0 Å². The Bertz CT molecular complexity index is 748. The molecule has 0 spiro atoms. The molecule has 128 valence electrons. The Morgan fingerprint density at radius 2 is 2.00 bits per heavy atom. The predicted octanol–water partition coefficient (Wildman–Crippen LogP) is 0.972. The van der Waals surface area contributed by atoms with E-state index >= 15 is 0 Å². The van der Waals surface area contributed by atoms with Crippen molar-refractivity contribution in [3.63, 3.8) is 0 Å². The number of nitrogens with zero attached hydrogens (tertiary/aromatic N) is 1. The number of hydrogen-bond donors (Lipinski definition) is 1. The number of esters is 1. The lowest BCUT2D eigenvalue weighted by molar-refractivity contribution is -0.128. The highest BCUT2D eigenvalue weighted by atomic mass is 32.2. The summed E-state index contributed by atoms with van der Waals surface area (Å²) in [4.78, 5) is 23.6. The Morgan fingerprint density at radius 3 is 2.54 bits per heavy atom. The van der Waals surface area contributed by atoms with Crippen molar-refractivity contribution in [3.05, 3.63) is 48.0 Å². The number of rotatable bonds is 8. The second-order valence-electron chi connectivity index (χ2n) is 4.97. The Morgan fingerprint density at radius 1 is 1.38 bits per heavy atom. The van der Waals surface area contributed by atoms with Crippen molar-refractivity contribution in [1.82, 2.24) is 5.32 Å². The van der Waals surface area contributed by atoms with Gasteiger partial charge < -0.3 is 10.1 Å². The van der Waals surface area contributed by atoms with Gasteiger partial charge in [-0.3, -0.25) is 4.79 Å². The summed E-state index contributed by atoms with van der Waals surface area (Å²) in [5.41, 5.74) is 0.651. The number of nitriles is 1. The van der Waals surface area contributed by atoms with Crippen molar-refractivity contribution in [3.8, 4) is 6.07 Å². The highest BCUT2D eigenvalue weighted by Crippen LogP contribution is 2.11. The quantitative estimate of drug-likeness (QED) is 0.552. The summed E-state index contributed by atoms with van der Waals surface area (Å²) in [5, 5.41) is 11.0. The second-order valence-corrected chi connectivity index (χ2v) is 7.03. The molecule has 7 nitrogen and oxygen atoms in total. The number of nitrogens with one attached hydrogen (secondary N) is 1. The van der Waals surface area contributed by atoms with Gasteiger partial charge in [-0.25, -0.2) is 13.2 Å². The second kappa shape index (κ2) is 8.84. The van der Waals surface area contributed by atoms with E-state index in [9.17, 15) is 18.0 Å². The van der Waals surface area contributed by atoms with E-state index in [2.05, 4.69) is 11.9 Å². The minimum Gasteiger partial charge on any atom is -0.449 e. The van der Waals surface area contributed by atoms with Crippen molar-refractivity contribution in [2.24, 2.45) is 0 Å². The molecule has 0 aliphatic carbocycles. The van der Waals surface area contributed by atoms with E-state index < -0.39 is 33.6 Å². The molecule has 1 amide bonds. The molecule has 0 bridgehead atoms. The summed E-state index contributed by atoms with van der Waals surface area (Å²) in [5.74, 6) is -1.98. The predicted molar refractivity (Wildman–Crippen MR) is 87.6 cm³/mol. The van der Waals surface area contributed by atoms with Gasteiger partial charge >= 0.3 is 5.97 Å². The van der Waals surface area contributed by atoms with Crippen molar-refractivity contribution in [1.29, 1.82) is 5.26 Å². The lowest BCUT2D eigenvalue weighted by atomic mass is 10.1. The molecule has 24 heavy (non-hydrogen) atoms. The van der Waals surface area contributed by atoms with E-state index in [4.69, 9.17) is 10.00 Å². The number of benzene rings is 1. The number of hydrogen-bond acceptors (Lipinski definition) is 6. The molecule has 1 N–H and O–H groups in total. The highest BCUT2D eigenvalue weighted by molar-refractivity contribution is 7.90. The maximum atomic E-state index is 11.9. The minimum atomic E-state index is -3.50. The van der Waals surface area contributed by atoms with Crippen molar-refractivity contribution >= 4 is 21.7 Å². The van der Waals surface area contributed by atoms with Crippen LogP contribution in [0.15, 0.2) is 36.9 Å². The first-order valence-corrected chi connectivity index (χ1v) is 8.87. The van der Waals surface area contributed by atoms with Gasteiger partial charge in [-0.2, -0.15) is 5.26 Å². The van der Waals surface area contributed by atoms with E-state index in [-0.39, 0.29) is 17.9 Å². The van der Waals surface area contributed by atoms with E-state index in [0.29, 0.717) is 5.56 Å². The molecule has 1 atom stereocenters. The Balaban J connectivity index is 2.68. The van der Waals surface area contributed by atoms with E-state index in [0.717, 1.165) is 0 Å². The fraction of sp³-hybridized carbons (Fsp3) is 0.312. The Hall–Kier alpha value is -2.66. The zero-order valence-corrected chi connectivity index (χ0v) is 14.0. The lowest BCUT2D eigenvalue weighted by Gasteiger charge is -2.12. The van der Waals surface area contributed by atoms with Crippen LogP contribution >= 0.6 is 0 Å². The number of amides is 1. The van der Waals surface area contributed by atoms with Crippen molar-refractivity contribution in [2.45, 2.75) is 18.8 Å². The van der Waals surface area contributed by atoms with Crippen molar-refractivity contribution < 1.29 is 22.7 Å². The molecule has 0 aliphatic rings. The molecule has 1 aromatic rings. The molecule has 0 heterocycles. The molecule has 0 radical (unpaired) electrons. The minimum absolute atomic E-state index is 0.194.